The molecule has 6 nitrogen and oxygen atoms in total. The summed E-state index contributed by atoms with van der Waals surface area (Å²) < 4.78 is 1.83. The van der Waals surface area contributed by atoms with E-state index in [1.807, 2.05) is 35.8 Å². The Morgan fingerprint density at radius 1 is 1.50 bits per heavy atom. The van der Waals surface area contributed by atoms with E-state index in [1.54, 1.807) is 18.1 Å². The molecule has 1 fully saturated rings. The molecule has 1 unspecified atom stereocenters. The van der Waals surface area contributed by atoms with Crippen LogP contribution in [0.3, 0.4) is 0 Å². The highest BCUT2D eigenvalue weighted by Gasteiger charge is 2.28. The highest BCUT2D eigenvalue weighted by Crippen LogP contribution is 2.32. The van der Waals surface area contributed by atoms with Crippen LogP contribution in [0.4, 0.5) is 0 Å². The molecular weight excluding hydrogens is 322 g/mol. The Hall–Kier alpha value is -1.73. The fraction of sp³-hybridized carbons (Fsp3) is 0.529. The molecule has 1 aromatic heterocycles. The zero-order valence-corrected chi connectivity index (χ0v) is 15.1. The van der Waals surface area contributed by atoms with Gasteiger partial charge in [0.2, 0.25) is 0 Å². The van der Waals surface area contributed by atoms with E-state index in [4.69, 9.17) is 0 Å². The summed E-state index contributed by atoms with van der Waals surface area (Å²) in [5, 5.41) is 6.82. The lowest BCUT2D eigenvalue weighted by Gasteiger charge is -2.24. The first-order chi connectivity index (χ1) is 11.6. The summed E-state index contributed by atoms with van der Waals surface area (Å²) in [7, 11) is 3.92. The average Bonchev–Trinajstić information content (AvgIpc) is 3.00. The second-order valence-corrected chi connectivity index (χ2v) is 7.62. The maximum Gasteiger partial charge on any atom is 0.267 e. The summed E-state index contributed by atoms with van der Waals surface area (Å²) in [5.41, 5.74) is 1.95. The summed E-state index contributed by atoms with van der Waals surface area (Å²) in [6.07, 6.45) is 8.32. The molecule has 1 aromatic rings. The molecule has 1 atom stereocenters. The standard InChI is InChI=1S/C17H25N5OS/c1-12(21(2)3)4-9-19-15-10-14-16(24-15)17(23)22(11-20-14)13-5-7-18-8-6-13/h4,9,11,13,15,18-19H,1,5-8,10H2,2-3H3/b9-4-. The number of fused-ring (bicyclic) bond motifs is 1. The van der Waals surface area contributed by atoms with E-state index < -0.39 is 0 Å². The monoisotopic (exact) mass is 347 g/mol. The normalized spacial score (nSPS) is 21.0. The summed E-state index contributed by atoms with van der Waals surface area (Å²) in [6, 6.07) is 0.271. The van der Waals surface area contributed by atoms with Crippen LogP contribution in [0, 0.1) is 0 Å². The number of nitrogens with one attached hydrogen (secondary N) is 2. The minimum Gasteiger partial charge on any atom is -0.378 e. The Balaban J connectivity index is 1.68. The van der Waals surface area contributed by atoms with Crippen molar-refractivity contribution in [2.45, 2.75) is 35.6 Å². The van der Waals surface area contributed by atoms with Crippen molar-refractivity contribution in [2.75, 3.05) is 27.2 Å². The molecule has 0 radical (unpaired) electrons. The Kier molecular flexibility index (Phi) is 5.30. The fourth-order valence-corrected chi connectivity index (χ4v) is 4.10. The summed E-state index contributed by atoms with van der Waals surface area (Å²) in [4.78, 5) is 20.1. The number of thioether (sulfide) groups is 1. The lowest BCUT2D eigenvalue weighted by molar-refractivity contribution is 0.354. The van der Waals surface area contributed by atoms with E-state index in [9.17, 15) is 4.79 Å². The summed E-state index contributed by atoms with van der Waals surface area (Å²) in [5.74, 6) is 0. The molecule has 2 N–H and O–H groups in total. The molecule has 2 aliphatic heterocycles. The highest BCUT2D eigenvalue weighted by molar-refractivity contribution is 8.00. The van der Waals surface area contributed by atoms with Gasteiger partial charge in [-0.2, -0.15) is 0 Å². The Labute approximate surface area is 147 Å². The highest BCUT2D eigenvalue weighted by atomic mass is 32.2. The van der Waals surface area contributed by atoms with Gasteiger partial charge in [0.15, 0.2) is 0 Å². The number of nitrogens with zero attached hydrogens (tertiary/aromatic N) is 3. The van der Waals surface area contributed by atoms with Gasteiger partial charge in [-0.05, 0) is 38.2 Å². The lowest BCUT2D eigenvalue weighted by atomic mass is 10.1. The van der Waals surface area contributed by atoms with Crippen molar-refractivity contribution in [2.24, 2.45) is 0 Å². The maximum atomic E-state index is 12.8. The minimum atomic E-state index is 0.114. The lowest BCUT2D eigenvalue weighted by Crippen LogP contribution is -2.34. The maximum absolute atomic E-state index is 12.8. The van der Waals surface area contributed by atoms with Crippen molar-refractivity contribution < 1.29 is 0 Å². The van der Waals surface area contributed by atoms with E-state index in [1.165, 1.54) is 0 Å². The third-order valence-corrected chi connectivity index (χ3v) is 5.74. The zero-order chi connectivity index (χ0) is 17.1. The quantitative estimate of drug-likeness (QED) is 0.784. The van der Waals surface area contributed by atoms with Gasteiger partial charge < -0.3 is 15.5 Å². The van der Waals surface area contributed by atoms with E-state index in [-0.39, 0.29) is 17.0 Å². The van der Waals surface area contributed by atoms with Gasteiger partial charge in [0.25, 0.3) is 5.56 Å². The third-order valence-electron chi connectivity index (χ3n) is 4.50. The second-order valence-electron chi connectivity index (χ2n) is 6.41. The van der Waals surface area contributed by atoms with Crippen LogP contribution in [0.5, 0.6) is 0 Å². The number of piperidine rings is 1. The average molecular weight is 347 g/mol. The molecule has 3 rings (SSSR count). The summed E-state index contributed by atoms with van der Waals surface area (Å²) >= 11 is 1.58. The SMILES string of the molecule is C=C(/C=C\NC1Cc2ncn(C3CCNCC3)c(=O)c2S1)N(C)C. The van der Waals surface area contributed by atoms with Gasteiger partial charge in [0, 0.05) is 32.3 Å². The van der Waals surface area contributed by atoms with Crippen LogP contribution >= 0.6 is 11.8 Å². The minimum absolute atomic E-state index is 0.114. The van der Waals surface area contributed by atoms with Crippen LogP contribution in [0.25, 0.3) is 0 Å². The van der Waals surface area contributed by atoms with Crippen molar-refractivity contribution in [3.8, 4) is 0 Å². The molecular formula is C17H25N5OS. The molecule has 7 heteroatoms. The number of hydrogen-bond acceptors (Lipinski definition) is 6. The molecule has 0 amide bonds. The van der Waals surface area contributed by atoms with Gasteiger partial charge >= 0.3 is 0 Å². The third kappa shape index (κ3) is 3.67. The number of hydrogen-bond donors (Lipinski definition) is 2. The van der Waals surface area contributed by atoms with Gasteiger partial charge in [-0.1, -0.05) is 18.3 Å². The number of rotatable bonds is 5. The predicted octanol–water partition coefficient (Wildman–Crippen LogP) is 1.32. The first-order valence-corrected chi connectivity index (χ1v) is 9.20. The molecule has 1 saturated heterocycles. The first-order valence-electron chi connectivity index (χ1n) is 8.32. The molecule has 0 spiro atoms. The Morgan fingerprint density at radius 2 is 2.25 bits per heavy atom. The zero-order valence-electron chi connectivity index (χ0n) is 14.3. The number of allylic oxidation sites excluding steroid dienone is 1. The number of aromatic nitrogens is 2. The molecule has 2 aliphatic rings. The first kappa shape index (κ1) is 17.1. The van der Waals surface area contributed by atoms with E-state index in [0.717, 1.165) is 48.6 Å². The van der Waals surface area contributed by atoms with E-state index in [0.29, 0.717) is 0 Å². The van der Waals surface area contributed by atoms with E-state index in [2.05, 4.69) is 22.2 Å². The molecule has 0 bridgehead atoms. The Bertz CT molecular complexity index is 691. The van der Waals surface area contributed by atoms with Crippen molar-refractivity contribution in [3.05, 3.63) is 46.9 Å². The molecule has 0 aromatic carbocycles. The van der Waals surface area contributed by atoms with Crippen LogP contribution in [0.15, 0.2) is 40.6 Å². The predicted molar refractivity (Wildman–Crippen MR) is 98.1 cm³/mol. The van der Waals surface area contributed by atoms with Crippen LogP contribution in [0.1, 0.15) is 24.6 Å². The van der Waals surface area contributed by atoms with E-state index >= 15 is 0 Å². The summed E-state index contributed by atoms with van der Waals surface area (Å²) in [6.45, 7) is 5.89. The molecule has 3 heterocycles. The molecule has 130 valence electrons. The number of likely N-dealkylation sites (N-methyl/N-ethyl adjacent to an activating group) is 1. The molecule has 24 heavy (non-hydrogen) atoms. The van der Waals surface area contributed by atoms with Crippen molar-refractivity contribution in [3.63, 3.8) is 0 Å². The van der Waals surface area contributed by atoms with Crippen LogP contribution < -0.4 is 16.2 Å². The molecule has 0 aliphatic carbocycles. The molecule has 0 saturated carbocycles. The van der Waals surface area contributed by atoms with Crippen LogP contribution in [-0.4, -0.2) is 47.0 Å². The smallest absolute Gasteiger partial charge is 0.267 e. The largest absolute Gasteiger partial charge is 0.378 e. The van der Waals surface area contributed by atoms with Crippen molar-refractivity contribution in [1.82, 2.24) is 25.1 Å². The van der Waals surface area contributed by atoms with Gasteiger partial charge in [-0.15, -0.1) is 0 Å². The van der Waals surface area contributed by atoms with Crippen molar-refractivity contribution >= 4 is 11.8 Å². The van der Waals surface area contributed by atoms with Crippen LogP contribution in [0.2, 0.25) is 0 Å². The van der Waals surface area contributed by atoms with Gasteiger partial charge in [-0.25, -0.2) is 4.98 Å². The van der Waals surface area contributed by atoms with Gasteiger partial charge in [-0.3, -0.25) is 9.36 Å². The fourth-order valence-electron chi connectivity index (χ4n) is 2.95. The van der Waals surface area contributed by atoms with Crippen LogP contribution in [-0.2, 0) is 6.42 Å². The second kappa shape index (κ2) is 7.44. The van der Waals surface area contributed by atoms with Gasteiger partial charge in [0.05, 0.1) is 22.3 Å². The van der Waals surface area contributed by atoms with Crippen molar-refractivity contribution in [1.29, 1.82) is 0 Å². The van der Waals surface area contributed by atoms with Gasteiger partial charge in [0.1, 0.15) is 0 Å². The topological polar surface area (TPSA) is 62.2 Å². The Morgan fingerprint density at radius 3 is 2.96 bits per heavy atom.